The Morgan fingerprint density at radius 3 is 2.67 bits per heavy atom. The van der Waals surface area contributed by atoms with Gasteiger partial charge in [0, 0.05) is 37.4 Å². The maximum absolute atomic E-state index is 13.1. The van der Waals surface area contributed by atoms with Gasteiger partial charge in [-0.3, -0.25) is 9.48 Å². The molecule has 2 aromatic rings. The van der Waals surface area contributed by atoms with Crippen LogP contribution in [0, 0.1) is 13.8 Å². The van der Waals surface area contributed by atoms with Gasteiger partial charge in [-0.25, -0.2) is 9.97 Å². The standard InChI is InChI=1S/C20H28N6O/c1-4-8-26-14(2)17(12-21-26)20(27)25-11-7-16-18(13-25)22-15(3)23-19(16)24-9-5-6-10-24/h12H,4-11,13H2,1-3H3. The van der Waals surface area contributed by atoms with Gasteiger partial charge in [-0.15, -0.1) is 0 Å². The molecule has 7 nitrogen and oxygen atoms in total. The van der Waals surface area contributed by atoms with Crippen molar-refractivity contribution >= 4 is 11.7 Å². The molecule has 1 amide bonds. The summed E-state index contributed by atoms with van der Waals surface area (Å²) in [6.45, 7) is 10.3. The molecule has 0 N–H and O–H groups in total. The average molecular weight is 368 g/mol. The van der Waals surface area contributed by atoms with Gasteiger partial charge in [0.2, 0.25) is 0 Å². The highest BCUT2D eigenvalue weighted by atomic mass is 16.2. The third kappa shape index (κ3) is 3.31. The number of aromatic nitrogens is 4. The van der Waals surface area contributed by atoms with Crippen LogP contribution in [-0.4, -0.2) is 50.2 Å². The third-order valence-corrected chi connectivity index (χ3v) is 5.62. The number of fused-ring (bicyclic) bond motifs is 1. The van der Waals surface area contributed by atoms with Crippen molar-refractivity contribution in [1.29, 1.82) is 0 Å². The molecule has 27 heavy (non-hydrogen) atoms. The molecule has 0 aliphatic carbocycles. The van der Waals surface area contributed by atoms with Crippen LogP contribution in [-0.2, 0) is 19.5 Å². The zero-order valence-corrected chi connectivity index (χ0v) is 16.5. The van der Waals surface area contributed by atoms with Crippen molar-refractivity contribution in [3.05, 3.63) is 34.5 Å². The molecule has 0 radical (unpaired) electrons. The van der Waals surface area contributed by atoms with Gasteiger partial charge < -0.3 is 9.80 Å². The first-order chi connectivity index (χ1) is 13.1. The second-order valence-corrected chi connectivity index (χ2v) is 7.56. The molecule has 7 heteroatoms. The van der Waals surface area contributed by atoms with E-state index in [0.29, 0.717) is 18.7 Å². The SMILES string of the molecule is CCCn1ncc(C(=O)N2CCc3c(nc(C)nc3N3CCCC3)C2)c1C. The Hall–Kier alpha value is -2.44. The van der Waals surface area contributed by atoms with Crippen LogP contribution >= 0.6 is 0 Å². The lowest BCUT2D eigenvalue weighted by Gasteiger charge is -2.31. The molecule has 0 atom stereocenters. The van der Waals surface area contributed by atoms with Crippen LogP contribution in [0.25, 0.3) is 0 Å². The minimum absolute atomic E-state index is 0.0551. The number of aryl methyl sites for hydroxylation is 2. The molecule has 0 bridgehead atoms. The number of hydrogen-bond acceptors (Lipinski definition) is 5. The number of rotatable bonds is 4. The first-order valence-electron chi connectivity index (χ1n) is 10.0. The molecular weight excluding hydrogens is 340 g/mol. The summed E-state index contributed by atoms with van der Waals surface area (Å²) in [5, 5.41) is 4.38. The van der Waals surface area contributed by atoms with E-state index in [0.717, 1.165) is 55.5 Å². The summed E-state index contributed by atoms with van der Waals surface area (Å²) in [4.78, 5) is 26.8. The largest absolute Gasteiger partial charge is 0.356 e. The Bertz CT molecular complexity index is 852. The number of carbonyl (C=O) groups excluding carboxylic acids is 1. The van der Waals surface area contributed by atoms with E-state index < -0.39 is 0 Å². The van der Waals surface area contributed by atoms with E-state index in [4.69, 9.17) is 4.98 Å². The smallest absolute Gasteiger partial charge is 0.257 e. The molecule has 0 saturated carbocycles. The van der Waals surface area contributed by atoms with Crippen molar-refractivity contribution in [2.24, 2.45) is 0 Å². The fraction of sp³-hybridized carbons (Fsp3) is 0.600. The Morgan fingerprint density at radius 2 is 1.93 bits per heavy atom. The molecule has 2 aliphatic rings. The van der Waals surface area contributed by atoms with Gasteiger partial charge in [-0.1, -0.05) is 6.92 Å². The van der Waals surface area contributed by atoms with Crippen molar-refractivity contribution in [1.82, 2.24) is 24.6 Å². The van der Waals surface area contributed by atoms with E-state index >= 15 is 0 Å². The lowest BCUT2D eigenvalue weighted by Crippen LogP contribution is -2.38. The fourth-order valence-corrected chi connectivity index (χ4v) is 4.16. The van der Waals surface area contributed by atoms with Gasteiger partial charge >= 0.3 is 0 Å². The minimum Gasteiger partial charge on any atom is -0.356 e. The molecule has 1 fully saturated rings. The van der Waals surface area contributed by atoms with E-state index in [2.05, 4.69) is 21.9 Å². The highest BCUT2D eigenvalue weighted by Gasteiger charge is 2.29. The highest BCUT2D eigenvalue weighted by molar-refractivity contribution is 5.95. The van der Waals surface area contributed by atoms with Gasteiger partial charge in [0.05, 0.1) is 24.0 Å². The first-order valence-corrected chi connectivity index (χ1v) is 10.0. The van der Waals surface area contributed by atoms with E-state index in [9.17, 15) is 4.79 Å². The predicted octanol–water partition coefficient (Wildman–Crippen LogP) is 2.50. The number of anilines is 1. The van der Waals surface area contributed by atoms with Crippen LogP contribution in [0.15, 0.2) is 6.20 Å². The number of nitrogens with zero attached hydrogens (tertiary/aromatic N) is 6. The molecule has 2 aromatic heterocycles. The third-order valence-electron chi connectivity index (χ3n) is 5.62. The minimum atomic E-state index is 0.0551. The Morgan fingerprint density at radius 1 is 1.15 bits per heavy atom. The molecule has 0 aromatic carbocycles. The maximum Gasteiger partial charge on any atom is 0.257 e. The monoisotopic (exact) mass is 368 g/mol. The lowest BCUT2D eigenvalue weighted by molar-refractivity contribution is 0.0730. The number of carbonyl (C=O) groups is 1. The summed E-state index contributed by atoms with van der Waals surface area (Å²) in [5.41, 5.74) is 3.88. The fourth-order valence-electron chi connectivity index (χ4n) is 4.16. The summed E-state index contributed by atoms with van der Waals surface area (Å²) in [5.74, 6) is 1.94. The summed E-state index contributed by atoms with van der Waals surface area (Å²) in [6.07, 6.45) is 5.98. The van der Waals surface area contributed by atoms with Crippen LogP contribution in [0.2, 0.25) is 0 Å². The van der Waals surface area contributed by atoms with Crippen LogP contribution in [0.3, 0.4) is 0 Å². The maximum atomic E-state index is 13.1. The molecular formula is C20H28N6O. The lowest BCUT2D eigenvalue weighted by atomic mass is 10.0. The van der Waals surface area contributed by atoms with Crippen molar-refractivity contribution in [2.45, 2.75) is 59.5 Å². The van der Waals surface area contributed by atoms with Gasteiger partial charge in [-0.05, 0) is 39.5 Å². The topological polar surface area (TPSA) is 67.2 Å². The Labute approximate surface area is 160 Å². The van der Waals surface area contributed by atoms with Crippen molar-refractivity contribution in [2.75, 3.05) is 24.5 Å². The second-order valence-electron chi connectivity index (χ2n) is 7.56. The molecule has 0 spiro atoms. The zero-order chi connectivity index (χ0) is 19.0. The van der Waals surface area contributed by atoms with Crippen LogP contribution in [0.1, 0.15) is 59.3 Å². The van der Waals surface area contributed by atoms with Crippen molar-refractivity contribution in [3.8, 4) is 0 Å². The van der Waals surface area contributed by atoms with Gasteiger partial charge in [-0.2, -0.15) is 5.10 Å². The summed E-state index contributed by atoms with van der Waals surface area (Å²) < 4.78 is 1.92. The molecule has 4 rings (SSSR count). The second kappa shape index (κ2) is 7.29. The van der Waals surface area contributed by atoms with Crippen LogP contribution < -0.4 is 4.90 Å². The summed E-state index contributed by atoms with van der Waals surface area (Å²) >= 11 is 0. The van der Waals surface area contributed by atoms with Crippen molar-refractivity contribution in [3.63, 3.8) is 0 Å². The van der Waals surface area contributed by atoms with Crippen LogP contribution in [0.4, 0.5) is 5.82 Å². The summed E-state index contributed by atoms with van der Waals surface area (Å²) in [6, 6.07) is 0. The molecule has 2 aliphatic heterocycles. The Balaban J connectivity index is 1.59. The predicted molar refractivity (Wildman–Crippen MR) is 104 cm³/mol. The van der Waals surface area contributed by atoms with E-state index in [-0.39, 0.29) is 5.91 Å². The van der Waals surface area contributed by atoms with Crippen molar-refractivity contribution < 1.29 is 4.79 Å². The van der Waals surface area contributed by atoms with Crippen LogP contribution in [0.5, 0.6) is 0 Å². The normalized spacial score (nSPS) is 16.7. The zero-order valence-electron chi connectivity index (χ0n) is 16.5. The van der Waals surface area contributed by atoms with E-state index in [1.54, 1.807) is 6.20 Å². The number of hydrogen-bond donors (Lipinski definition) is 0. The van der Waals surface area contributed by atoms with Gasteiger partial charge in [0.1, 0.15) is 11.6 Å². The molecule has 1 saturated heterocycles. The number of amides is 1. The van der Waals surface area contributed by atoms with Gasteiger partial charge in [0.15, 0.2) is 0 Å². The van der Waals surface area contributed by atoms with E-state index in [1.807, 2.05) is 23.4 Å². The molecule has 0 unspecified atom stereocenters. The molecule has 144 valence electrons. The quantitative estimate of drug-likeness (QED) is 0.829. The first kappa shape index (κ1) is 17.9. The highest BCUT2D eigenvalue weighted by Crippen LogP contribution is 2.29. The average Bonchev–Trinajstić information content (AvgIpc) is 3.31. The Kier molecular flexibility index (Phi) is 4.85. The van der Waals surface area contributed by atoms with Gasteiger partial charge in [0.25, 0.3) is 5.91 Å². The molecule has 4 heterocycles. The van der Waals surface area contributed by atoms with E-state index in [1.165, 1.54) is 18.4 Å². The summed E-state index contributed by atoms with van der Waals surface area (Å²) in [7, 11) is 0.